The Hall–Kier alpha value is -1.97. The van der Waals surface area contributed by atoms with Gasteiger partial charge in [0.1, 0.15) is 0 Å². The summed E-state index contributed by atoms with van der Waals surface area (Å²) in [4.78, 5) is 2.44. The topological polar surface area (TPSA) is 47.1 Å². The van der Waals surface area contributed by atoms with E-state index in [0.717, 1.165) is 38.2 Å². The van der Waals surface area contributed by atoms with Crippen LogP contribution in [0.4, 0.5) is 11.4 Å². The second-order valence-electron chi connectivity index (χ2n) is 5.67. The Balaban J connectivity index is 1.90. The van der Waals surface area contributed by atoms with Gasteiger partial charge in [0.25, 0.3) is 0 Å². The highest BCUT2D eigenvalue weighted by atomic mass is 15.3. The van der Waals surface area contributed by atoms with E-state index in [0.29, 0.717) is 0 Å². The molecule has 4 heteroatoms. The molecule has 0 saturated heterocycles. The standard InChI is InChI=1S/C17H24N4/c1-3-13-11-14(21(4-2)19-13)12-20-10-6-7-15-16(18)8-5-9-17(15)20/h5,8-9,11H,3-4,6-7,10,12,18H2,1-2H3. The summed E-state index contributed by atoms with van der Waals surface area (Å²) >= 11 is 0. The number of rotatable bonds is 4. The van der Waals surface area contributed by atoms with Crippen LogP contribution in [0.5, 0.6) is 0 Å². The molecule has 4 nitrogen and oxygen atoms in total. The number of nitrogens with zero attached hydrogens (tertiary/aromatic N) is 3. The average Bonchev–Trinajstić information content (AvgIpc) is 2.90. The first-order valence-electron chi connectivity index (χ1n) is 7.90. The van der Waals surface area contributed by atoms with E-state index in [2.05, 4.69) is 46.7 Å². The van der Waals surface area contributed by atoms with E-state index in [9.17, 15) is 0 Å². The minimum Gasteiger partial charge on any atom is -0.398 e. The maximum Gasteiger partial charge on any atom is 0.0625 e. The van der Waals surface area contributed by atoms with E-state index in [1.165, 1.54) is 29.1 Å². The van der Waals surface area contributed by atoms with Crippen LogP contribution in [-0.4, -0.2) is 16.3 Å². The Kier molecular flexibility index (Phi) is 3.86. The molecule has 2 heterocycles. The van der Waals surface area contributed by atoms with Gasteiger partial charge in [-0.15, -0.1) is 0 Å². The number of nitrogens with two attached hydrogens (primary N) is 1. The van der Waals surface area contributed by atoms with Gasteiger partial charge in [0, 0.05) is 24.5 Å². The lowest BCUT2D eigenvalue weighted by molar-refractivity contribution is 0.593. The van der Waals surface area contributed by atoms with Crippen LogP contribution < -0.4 is 10.6 Å². The van der Waals surface area contributed by atoms with Crippen molar-refractivity contribution in [2.24, 2.45) is 0 Å². The van der Waals surface area contributed by atoms with Gasteiger partial charge >= 0.3 is 0 Å². The molecule has 2 aromatic rings. The fourth-order valence-electron chi connectivity index (χ4n) is 3.18. The predicted molar refractivity (Wildman–Crippen MR) is 87.5 cm³/mol. The van der Waals surface area contributed by atoms with Crippen LogP contribution in [0.15, 0.2) is 24.3 Å². The number of fused-ring (bicyclic) bond motifs is 1. The van der Waals surface area contributed by atoms with E-state index in [4.69, 9.17) is 5.73 Å². The highest BCUT2D eigenvalue weighted by Gasteiger charge is 2.20. The molecule has 1 aromatic heterocycles. The lowest BCUT2D eigenvalue weighted by Crippen LogP contribution is -2.30. The summed E-state index contributed by atoms with van der Waals surface area (Å²) in [6.07, 6.45) is 3.25. The van der Waals surface area contributed by atoms with Crippen LogP contribution in [0.2, 0.25) is 0 Å². The second kappa shape index (κ2) is 5.80. The zero-order valence-corrected chi connectivity index (χ0v) is 13.0. The number of aromatic nitrogens is 2. The van der Waals surface area contributed by atoms with Crippen LogP contribution in [0, 0.1) is 0 Å². The quantitative estimate of drug-likeness (QED) is 0.878. The summed E-state index contributed by atoms with van der Waals surface area (Å²) in [6.45, 7) is 7.23. The van der Waals surface area contributed by atoms with Crippen molar-refractivity contribution < 1.29 is 0 Å². The molecule has 0 unspecified atom stereocenters. The maximum atomic E-state index is 6.13. The molecule has 0 atom stereocenters. The first-order chi connectivity index (χ1) is 10.2. The van der Waals surface area contributed by atoms with Crippen LogP contribution in [0.1, 0.15) is 37.2 Å². The van der Waals surface area contributed by atoms with Crippen molar-refractivity contribution in [1.82, 2.24) is 9.78 Å². The van der Waals surface area contributed by atoms with Crippen LogP contribution in [0.3, 0.4) is 0 Å². The molecule has 1 aliphatic heterocycles. The molecule has 0 aliphatic carbocycles. The Morgan fingerprint density at radius 2 is 2.14 bits per heavy atom. The SMILES string of the molecule is CCc1cc(CN2CCCc3c(N)cccc32)n(CC)n1. The van der Waals surface area contributed by atoms with Gasteiger partial charge in [-0.3, -0.25) is 4.68 Å². The molecule has 0 bridgehead atoms. The van der Waals surface area contributed by atoms with Crippen molar-refractivity contribution in [1.29, 1.82) is 0 Å². The molecule has 3 rings (SSSR count). The molecule has 0 spiro atoms. The number of nitrogen functional groups attached to an aromatic ring is 1. The van der Waals surface area contributed by atoms with Gasteiger partial charge in [0.15, 0.2) is 0 Å². The summed E-state index contributed by atoms with van der Waals surface area (Å²) in [7, 11) is 0. The van der Waals surface area contributed by atoms with E-state index in [1.807, 2.05) is 6.07 Å². The molecule has 0 radical (unpaired) electrons. The first-order valence-corrected chi connectivity index (χ1v) is 7.90. The fourth-order valence-corrected chi connectivity index (χ4v) is 3.18. The third kappa shape index (κ3) is 2.62. The number of hydrogen-bond donors (Lipinski definition) is 1. The Morgan fingerprint density at radius 1 is 1.29 bits per heavy atom. The summed E-state index contributed by atoms with van der Waals surface area (Å²) in [5.74, 6) is 0. The van der Waals surface area contributed by atoms with Crippen molar-refractivity contribution in [2.75, 3.05) is 17.2 Å². The number of anilines is 2. The average molecular weight is 284 g/mol. The minimum atomic E-state index is 0.914. The molecule has 0 amide bonds. The lowest BCUT2D eigenvalue weighted by atomic mass is 10.00. The third-order valence-corrected chi connectivity index (χ3v) is 4.31. The number of hydrogen-bond acceptors (Lipinski definition) is 3. The summed E-state index contributed by atoms with van der Waals surface area (Å²) in [5, 5.41) is 4.65. The van der Waals surface area contributed by atoms with Gasteiger partial charge in [-0.2, -0.15) is 5.10 Å². The smallest absolute Gasteiger partial charge is 0.0625 e. The summed E-state index contributed by atoms with van der Waals surface area (Å²) in [5.41, 5.74) is 12.1. The Morgan fingerprint density at radius 3 is 2.90 bits per heavy atom. The zero-order valence-electron chi connectivity index (χ0n) is 13.0. The van der Waals surface area contributed by atoms with E-state index >= 15 is 0 Å². The highest BCUT2D eigenvalue weighted by molar-refractivity contribution is 5.66. The van der Waals surface area contributed by atoms with E-state index in [1.54, 1.807) is 0 Å². The molecular formula is C17H24N4. The van der Waals surface area contributed by atoms with Crippen molar-refractivity contribution in [3.63, 3.8) is 0 Å². The molecular weight excluding hydrogens is 260 g/mol. The molecule has 0 saturated carbocycles. The van der Waals surface area contributed by atoms with Crippen molar-refractivity contribution in [2.45, 2.75) is 46.2 Å². The number of benzene rings is 1. The van der Waals surface area contributed by atoms with Crippen molar-refractivity contribution in [3.8, 4) is 0 Å². The molecule has 21 heavy (non-hydrogen) atoms. The fraction of sp³-hybridized carbons (Fsp3) is 0.471. The van der Waals surface area contributed by atoms with Crippen LogP contribution in [0.25, 0.3) is 0 Å². The normalized spacial score (nSPS) is 14.3. The first kappa shape index (κ1) is 14.0. The van der Waals surface area contributed by atoms with Gasteiger partial charge < -0.3 is 10.6 Å². The maximum absolute atomic E-state index is 6.13. The van der Waals surface area contributed by atoms with Crippen LogP contribution in [-0.2, 0) is 25.9 Å². The minimum absolute atomic E-state index is 0.914. The largest absolute Gasteiger partial charge is 0.398 e. The van der Waals surface area contributed by atoms with Crippen LogP contribution >= 0.6 is 0 Å². The monoisotopic (exact) mass is 284 g/mol. The Bertz CT molecular complexity index is 630. The van der Waals surface area contributed by atoms with Crippen molar-refractivity contribution >= 4 is 11.4 Å². The molecule has 1 aromatic carbocycles. The van der Waals surface area contributed by atoms with E-state index in [-0.39, 0.29) is 0 Å². The summed E-state index contributed by atoms with van der Waals surface area (Å²) < 4.78 is 2.12. The lowest BCUT2D eigenvalue weighted by Gasteiger charge is -2.32. The van der Waals surface area contributed by atoms with Gasteiger partial charge in [-0.05, 0) is 49.9 Å². The molecule has 112 valence electrons. The highest BCUT2D eigenvalue weighted by Crippen LogP contribution is 2.32. The zero-order chi connectivity index (χ0) is 14.8. The molecule has 1 aliphatic rings. The molecule has 0 fully saturated rings. The molecule has 2 N–H and O–H groups in total. The van der Waals surface area contributed by atoms with Crippen molar-refractivity contribution in [3.05, 3.63) is 41.2 Å². The van der Waals surface area contributed by atoms with Gasteiger partial charge in [0.05, 0.1) is 17.9 Å². The Labute approximate surface area is 126 Å². The van der Waals surface area contributed by atoms with Gasteiger partial charge in [0.2, 0.25) is 0 Å². The van der Waals surface area contributed by atoms with Gasteiger partial charge in [-0.25, -0.2) is 0 Å². The predicted octanol–water partition coefficient (Wildman–Crippen LogP) is 3.00. The van der Waals surface area contributed by atoms with Gasteiger partial charge in [-0.1, -0.05) is 13.0 Å². The number of aryl methyl sites for hydroxylation is 2. The summed E-state index contributed by atoms with van der Waals surface area (Å²) in [6, 6.07) is 8.50. The third-order valence-electron chi connectivity index (χ3n) is 4.31. The van der Waals surface area contributed by atoms with E-state index < -0.39 is 0 Å². The second-order valence-corrected chi connectivity index (χ2v) is 5.67.